The van der Waals surface area contributed by atoms with Crippen molar-refractivity contribution in [1.29, 1.82) is 0 Å². The molecular formula is C30H42O3S. The van der Waals surface area contributed by atoms with E-state index in [9.17, 15) is 13.5 Å². The Morgan fingerprint density at radius 1 is 1.00 bits per heavy atom. The monoisotopic (exact) mass is 482 g/mol. The van der Waals surface area contributed by atoms with E-state index < -0.39 is 9.84 Å². The number of benzene rings is 1. The smallest absolute Gasteiger partial charge is 0.178 e. The molecule has 1 N–H and O–H groups in total. The molecule has 34 heavy (non-hydrogen) atoms. The van der Waals surface area contributed by atoms with Crippen LogP contribution in [0.3, 0.4) is 0 Å². The molecule has 0 unspecified atom stereocenters. The van der Waals surface area contributed by atoms with Crippen LogP contribution in [0.1, 0.15) is 79.6 Å². The maximum absolute atomic E-state index is 13.1. The van der Waals surface area contributed by atoms with Crippen LogP contribution in [0.2, 0.25) is 0 Å². The van der Waals surface area contributed by atoms with Crippen LogP contribution in [-0.4, -0.2) is 25.4 Å². The highest BCUT2D eigenvalue weighted by atomic mass is 32.2. The second kappa shape index (κ2) is 8.06. The predicted octanol–water partition coefficient (Wildman–Crippen LogP) is 6.74. The van der Waals surface area contributed by atoms with Crippen LogP contribution in [0, 0.1) is 34.0 Å². The van der Waals surface area contributed by atoms with Gasteiger partial charge in [-0.3, -0.25) is 0 Å². The molecule has 4 heteroatoms. The van der Waals surface area contributed by atoms with Crippen LogP contribution >= 0.6 is 0 Å². The predicted molar refractivity (Wildman–Crippen MR) is 138 cm³/mol. The van der Waals surface area contributed by atoms with Crippen molar-refractivity contribution in [2.75, 3.05) is 5.75 Å². The van der Waals surface area contributed by atoms with Gasteiger partial charge in [0.25, 0.3) is 0 Å². The zero-order valence-corrected chi connectivity index (χ0v) is 22.4. The Balaban J connectivity index is 1.42. The molecule has 0 heterocycles. The molecule has 1 saturated carbocycles. The molecule has 3 nitrogen and oxygen atoms in total. The van der Waals surface area contributed by atoms with Gasteiger partial charge in [0.1, 0.15) is 0 Å². The van der Waals surface area contributed by atoms with Gasteiger partial charge in [-0.25, -0.2) is 8.42 Å². The van der Waals surface area contributed by atoms with E-state index in [1.807, 2.05) is 18.2 Å². The van der Waals surface area contributed by atoms with Gasteiger partial charge >= 0.3 is 0 Å². The zero-order valence-electron chi connectivity index (χ0n) is 21.6. The largest absolute Gasteiger partial charge is 0.393 e. The summed E-state index contributed by atoms with van der Waals surface area (Å²) in [6.45, 7) is 11.6. The van der Waals surface area contributed by atoms with Crippen LogP contribution in [0.15, 0.2) is 58.0 Å². The minimum atomic E-state index is -3.29. The third-order valence-electron chi connectivity index (χ3n) is 10.7. The summed E-state index contributed by atoms with van der Waals surface area (Å²) in [6, 6.07) is 8.94. The summed E-state index contributed by atoms with van der Waals surface area (Å²) in [5.41, 5.74) is 5.00. The Morgan fingerprint density at radius 2 is 1.71 bits per heavy atom. The van der Waals surface area contributed by atoms with E-state index in [4.69, 9.17) is 0 Å². The molecule has 0 aliphatic heterocycles. The van der Waals surface area contributed by atoms with E-state index in [-0.39, 0.29) is 34.0 Å². The van der Waals surface area contributed by atoms with Crippen LogP contribution in [0.4, 0.5) is 0 Å². The highest BCUT2D eigenvalue weighted by Crippen LogP contribution is 2.66. The average molecular weight is 483 g/mol. The van der Waals surface area contributed by atoms with Gasteiger partial charge in [-0.05, 0) is 102 Å². The summed E-state index contributed by atoms with van der Waals surface area (Å²) in [5, 5.41) is 10.8. The molecule has 0 radical (unpaired) electrons. The Kier molecular flexibility index (Phi) is 5.76. The van der Waals surface area contributed by atoms with Crippen molar-refractivity contribution in [3.63, 3.8) is 0 Å². The molecular weight excluding hydrogens is 440 g/mol. The third-order valence-corrected chi connectivity index (χ3v) is 12.7. The molecule has 1 aromatic rings. The number of aliphatic hydroxyl groups is 1. The Hall–Kier alpha value is -1.39. The fourth-order valence-electron chi connectivity index (χ4n) is 8.76. The van der Waals surface area contributed by atoms with Gasteiger partial charge in [0.05, 0.1) is 16.8 Å². The zero-order chi connectivity index (χ0) is 24.5. The van der Waals surface area contributed by atoms with Crippen LogP contribution < -0.4 is 0 Å². The first-order valence-corrected chi connectivity index (χ1v) is 15.0. The molecule has 0 bridgehead atoms. The van der Waals surface area contributed by atoms with Gasteiger partial charge in [-0.15, -0.1) is 0 Å². The van der Waals surface area contributed by atoms with Crippen LogP contribution in [-0.2, 0) is 9.84 Å². The quantitative estimate of drug-likeness (QED) is 0.517. The van der Waals surface area contributed by atoms with Gasteiger partial charge < -0.3 is 5.11 Å². The first-order chi connectivity index (χ1) is 15.9. The highest BCUT2D eigenvalue weighted by molar-refractivity contribution is 7.91. The molecule has 6 atom stereocenters. The molecule has 4 aliphatic rings. The van der Waals surface area contributed by atoms with Gasteiger partial charge in [-0.2, -0.15) is 0 Å². The summed E-state index contributed by atoms with van der Waals surface area (Å²) < 4.78 is 26.3. The molecule has 0 aromatic heterocycles. The number of hydrogen-bond donors (Lipinski definition) is 1. The first kappa shape index (κ1) is 24.3. The summed E-state index contributed by atoms with van der Waals surface area (Å²) >= 11 is 0. The summed E-state index contributed by atoms with van der Waals surface area (Å²) in [4.78, 5) is 0.445. The number of fused-ring (bicyclic) bond motifs is 4. The van der Waals surface area contributed by atoms with Gasteiger partial charge in [-0.1, -0.05) is 64.5 Å². The van der Waals surface area contributed by atoms with Crippen molar-refractivity contribution >= 4 is 9.84 Å². The Morgan fingerprint density at radius 3 is 2.41 bits per heavy atom. The molecule has 0 amide bonds. The highest BCUT2D eigenvalue weighted by Gasteiger charge is 2.57. The maximum atomic E-state index is 13.1. The SMILES string of the molecule is C[C@H](CS(=O)(=O)c1ccccc1)[C@H]1CC=C2C3=C(CC[C@@]21C)[C@@]1(C)CC[C@H](O)C(C)(C)[C@@H]1CC3. The number of rotatable bonds is 4. The molecule has 186 valence electrons. The Bertz CT molecular complexity index is 1130. The fraction of sp³-hybridized carbons (Fsp3) is 0.667. The van der Waals surface area contributed by atoms with E-state index in [1.165, 1.54) is 5.57 Å². The normalized spacial score (nSPS) is 37.9. The maximum Gasteiger partial charge on any atom is 0.178 e. The van der Waals surface area contributed by atoms with E-state index in [0.717, 1.165) is 44.9 Å². The van der Waals surface area contributed by atoms with Crippen LogP contribution in [0.5, 0.6) is 0 Å². The molecule has 0 saturated heterocycles. The van der Waals surface area contributed by atoms with E-state index in [1.54, 1.807) is 23.3 Å². The van der Waals surface area contributed by atoms with Crippen molar-refractivity contribution in [3.8, 4) is 0 Å². The van der Waals surface area contributed by atoms with E-state index >= 15 is 0 Å². The molecule has 1 fully saturated rings. The number of sulfone groups is 1. The molecule has 4 aliphatic carbocycles. The van der Waals surface area contributed by atoms with Crippen LogP contribution in [0.25, 0.3) is 0 Å². The fourth-order valence-corrected chi connectivity index (χ4v) is 10.5. The summed E-state index contributed by atoms with van der Waals surface area (Å²) in [6.07, 6.45) is 9.72. The standard InChI is InChI=1S/C30H42O3S/c1-20(19-34(32,33)21-9-7-6-8-10-21)23-12-13-24-22-11-14-26-28(2,3)27(31)16-18-30(26,5)25(22)15-17-29(23,24)4/h6-10,13,20,23,26-27,31H,11-12,14-19H2,1-5H3/t20-,23-,26+,27+,29-,30-/m1/s1. The minimum Gasteiger partial charge on any atom is -0.393 e. The molecule has 0 spiro atoms. The van der Waals surface area contributed by atoms with Crippen molar-refractivity contribution in [2.24, 2.45) is 34.0 Å². The topological polar surface area (TPSA) is 54.4 Å². The summed E-state index contributed by atoms with van der Waals surface area (Å²) in [5.74, 6) is 1.22. The minimum absolute atomic E-state index is 0.0425. The molecule has 1 aromatic carbocycles. The second-order valence-corrected chi connectivity index (χ2v) is 14.8. The van der Waals surface area contributed by atoms with Crippen molar-refractivity contribution < 1.29 is 13.5 Å². The second-order valence-electron chi connectivity index (χ2n) is 12.8. The number of aliphatic hydroxyl groups excluding tert-OH is 1. The van der Waals surface area contributed by atoms with Crippen molar-refractivity contribution in [2.45, 2.75) is 90.6 Å². The lowest BCUT2D eigenvalue weighted by Gasteiger charge is -2.59. The van der Waals surface area contributed by atoms with E-state index in [0.29, 0.717) is 16.7 Å². The lowest BCUT2D eigenvalue weighted by molar-refractivity contribution is -0.0905. The summed E-state index contributed by atoms with van der Waals surface area (Å²) in [7, 11) is -3.29. The van der Waals surface area contributed by atoms with E-state index in [2.05, 4.69) is 40.7 Å². The third kappa shape index (κ3) is 3.50. The molecule has 5 rings (SSSR count). The Labute approximate surface area is 206 Å². The lowest BCUT2D eigenvalue weighted by atomic mass is 9.46. The lowest BCUT2D eigenvalue weighted by Crippen LogP contribution is -2.53. The van der Waals surface area contributed by atoms with Gasteiger partial charge in [0.2, 0.25) is 0 Å². The van der Waals surface area contributed by atoms with Gasteiger partial charge in [0, 0.05) is 0 Å². The van der Waals surface area contributed by atoms with Gasteiger partial charge in [0.15, 0.2) is 9.84 Å². The average Bonchev–Trinajstić information content (AvgIpc) is 3.14. The number of hydrogen-bond acceptors (Lipinski definition) is 3. The van der Waals surface area contributed by atoms with Crippen molar-refractivity contribution in [3.05, 3.63) is 53.1 Å². The number of allylic oxidation sites excluding steroid dienone is 4. The first-order valence-electron chi connectivity index (χ1n) is 13.3. The van der Waals surface area contributed by atoms with Crippen molar-refractivity contribution in [1.82, 2.24) is 0 Å².